The summed E-state index contributed by atoms with van der Waals surface area (Å²) in [4.78, 5) is 4.08. The van der Waals surface area contributed by atoms with Crippen molar-refractivity contribution in [3.05, 3.63) is 101 Å². The van der Waals surface area contributed by atoms with Crippen molar-refractivity contribution in [1.82, 2.24) is 14.6 Å². The quantitative estimate of drug-likeness (QED) is 0.231. The summed E-state index contributed by atoms with van der Waals surface area (Å²) in [7, 11) is -4.21. The van der Waals surface area contributed by atoms with Crippen LogP contribution in [0.2, 0.25) is 0 Å². The van der Waals surface area contributed by atoms with Crippen LogP contribution in [0.1, 0.15) is 5.56 Å². The Labute approximate surface area is 218 Å². The lowest BCUT2D eigenvalue weighted by atomic mass is 10.1. The van der Waals surface area contributed by atoms with E-state index in [1.54, 1.807) is 59.2 Å². The molecule has 0 aliphatic carbocycles. The summed E-state index contributed by atoms with van der Waals surface area (Å²) < 4.78 is 56.9. The Morgan fingerprint density at radius 3 is 2.49 bits per heavy atom. The van der Waals surface area contributed by atoms with Gasteiger partial charge in [-0.05, 0) is 57.9 Å². The molecule has 0 bridgehead atoms. The van der Waals surface area contributed by atoms with Gasteiger partial charge in [0.15, 0.2) is 5.65 Å². The van der Waals surface area contributed by atoms with Gasteiger partial charge in [-0.15, -0.1) is 0 Å². The number of nitrogens with one attached hydrogen (secondary N) is 2. The number of para-hydroxylation sites is 1. The maximum absolute atomic E-state index is 13.5. The van der Waals surface area contributed by atoms with Crippen LogP contribution >= 0.6 is 15.9 Å². The van der Waals surface area contributed by atoms with Gasteiger partial charge in [-0.1, -0.05) is 24.3 Å². The third-order valence-electron chi connectivity index (χ3n) is 5.41. The van der Waals surface area contributed by atoms with Gasteiger partial charge in [-0.2, -0.15) is 9.61 Å². The number of anilines is 2. The van der Waals surface area contributed by atoms with Crippen molar-refractivity contribution in [2.75, 3.05) is 10.0 Å². The van der Waals surface area contributed by atoms with Crippen molar-refractivity contribution in [3.8, 4) is 17.0 Å². The van der Waals surface area contributed by atoms with Gasteiger partial charge in [0, 0.05) is 29.9 Å². The normalized spacial score (nSPS) is 11.5. The summed E-state index contributed by atoms with van der Waals surface area (Å²) in [5, 5.41) is 17.9. The molecule has 5 aromatic rings. The first-order valence-electron chi connectivity index (χ1n) is 10.8. The second-order valence-corrected chi connectivity index (χ2v) is 10.6. The second kappa shape index (κ2) is 9.79. The number of rotatable bonds is 7. The van der Waals surface area contributed by atoms with Crippen LogP contribution in [0.4, 0.5) is 20.3 Å². The van der Waals surface area contributed by atoms with Gasteiger partial charge in [0.2, 0.25) is 0 Å². The van der Waals surface area contributed by atoms with Crippen molar-refractivity contribution >= 4 is 43.1 Å². The van der Waals surface area contributed by atoms with E-state index in [1.807, 2.05) is 0 Å². The largest absolute Gasteiger partial charge is 0.507 e. The van der Waals surface area contributed by atoms with Crippen LogP contribution in [-0.2, 0) is 16.6 Å². The molecule has 8 nitrogen and oxygen atoms in total. The number of aromatic hydroxyl groups is 1. The lowest BCUT2D eigenvalue weighted by Gasteiger charge is -2.13. The molecule has 0 saturated carbocycles. The zero-order chi connectivity index (χ0) is 26.2. The summed E-state index contributed by atoms with van der Waals surface area (Å²) in [5.41, 5.74) is 2.54. The SMILES string of the molecule is O=S(=O)(Nc1cccc(CNc2cc(-c3ccccc3O)nc3c(Br)cnn23)c1)c1cc(F)cc(F)c1. The Kier molecular flexibility index (Phi) is 6.52. The Bertz CT molecular complexity index is 1720. The fourth-order valence-electron chi connectivity index (χ4n) is 3.73. The molecule has 2 heterocycles. The van der Waals surface area contributed by atoms with Crippen molar-refractivity contribution in [2.24, 2.45) is 0 Å². The highest BCUT2D eigenvalue weighted by Crippen LogP contribution is 2.31. The van der Waals surface area contributed by atoms with Crippen LogP contribution in [0.25, 0.3) is 16.9 Å². The van der Waals surface area contributed by atoms with Crippen molar-refractivity contribution < 1.29 is 22.3 Å². The number of nitrogens with zero attached hydrogens (tertiary/aromatic N) is 3. The molecule has 37 heavy (non-hydrogen) atoms. The first-order chi connectivity index (χ1) is 17.7. The summed E-state index contributed by atoms with van der Waals surface area (Å²) in [6.45, 7) is 0.279. The summed E-state index contributed by atoms with van der Waals surface area (Å²) in [5.74, 6) is -1.32. The fraction of sp³-hybridized carbons (Fsp3) is 0.0400. The van der Waals surface area contributed by atoms with E-state index in [4.69, 9.17) is 0 Å². The number of halogens is 3. The number of phenolic OH excluding ortho intramolecular Hbond substituents is 1. The van der Waals surface area contributed by atoms with Crippen LogP contribution in [0.3, 0.4) is 0 Å². The maximum atomic E-state index is 13.5. The van der Waals surface area contributed by atoms with Gasteiger partial charge < -0.3 is 10.4 Å². The second-order valence-electron chi connectivity index (χ2n) is 8.04. The summed E-state index contributed by atoms with van der Waals surface area (Å²) in [6, 6.07) is 17.2. The van der Waals surface area contributed by atoms with E-state index in [0.717, 1.165) is 12.1 Å². The molecule has 0 atom stereocenters. The predicted octanol–water partition coefficient (Wildman–Crippen LogP) is 5.56. The van der Waals surface area contributed by atoms with Crippen LogP contribution in [0.15, 0.2) is 88.4 Å². The average molecular weight is 586 g/mol. The number of hydrogen-bond acceptors (Lipinski definition) is 6. The lowest BCUT2D eigenvalue weighted by Crippen LogP contribution is -2.14. The molecule has 0 amide bonds. The molecule has 2 aromatic heterocycles. The number of sulfonamides is 1. The molecule has 0 aliphatic rings. The maximum Gasteiger partial charge on any atom is 0.262 e. The van der Waals surface area contributed by atoms with Crippen LogP contribution in [-0.4, -0.2) is 28.1 Å². The molecule has 0 fully saturated rings. The molecular formula is C25H18BrF2N5O3S. The Balaban J connectivity index is 1.41. The third-order valence-corrected chi connectivity index (χ3v) is 7.33. The summed E-state index contributed by atoms with van der Waals surface area (Å²) in [6.07, 6.45) is 1.60. The highest BCUT2D eigenvalue weighted by molar-refractivity contribution is 9.10. The Hall–Kier alpha value is -4.03. The molecule has 0 radical (unpaired) electrons. The molecule has 188 valence electrons. The van der Waals surface area contributed by atoms with Gasteiger partial charge in [-0.25, -0.2) is 22.2 Å². The molecule has 0 aliphatic heterocycles. The van der Waals surface area contributed by atoms with Gasteiger partial charge >= 0.3 is 0 Å². The Morgan fingerprint density at radius 2 is 1.73 bits per heavy atom. The van der Waals surface area contributed by atoms with Gasteiger partial charge in [0.1, 0.15) is 23.2 Å². The van der Waals surface area contributed by atoms with Crippen molar-refractivity contribution in [1.29, 1.82) is 0 Å². The highest BCUT2D eigenvalue weighted by Gasteiger charge is 2.17. The van der Waals surface area contributed by atoms with E-state index in [-0.39, 0.29) is 18.0 Å². The summed E-state index contributed by atoms with van der Waals surface area (Å²) >= 11 is 3.44. The molecule has 3 aromatic carbocycles. The topological polar surface area (TPSA) is 109 Å². The third kappa shape index (κ3) is 5.25. The zero-order valence-corrected chi connectivity index (χ0v) is 21.3. The predicted molar refractivity (Wildman–Crippen MR) is 139 cm³/mol. The minimum Gasteiger partial charge on any atom is -0.507 e. The zero-order valence-electron chi connectivity index (χ0n) is 18.9. The smallest absolute Gasteiger partial charge is 0.262 e. The highest BCUT2D eigenvalue weighted by atomic mass is 79.9. The molecule has 5 rings (SSSR count). The number of benzene rings is 3. The lowest BCUT2D eigenvalue weighted by molar-refractivity contribution is 0.477. The fourth-order valence-corrected chi connectivity index (χ4v) is 5.16. The van der Waals surface area contributed by atoms with E-state index >= 15 is 0 Å². The van der Waals surface area contributed by atoms with Crippen molar-refractivity contribution in [2.45, 2.75) is 11.4 Å². The number of phenols is 1. The van der Waals surface area contributed by atoms with E-state index in [2.05, 4.69) is 36.1 Å². The van der Waals surface area contributed by atoms with Crippen LogP contribution in [0, 0.1) is 11.6 Å². The molecule has 0 saturated heterocycles. The minimum absolute atomic E-state index is 0.0825. The first-order valence-corrected chi connectivity index (χ1v) is 13.1. The van der Waals surface area contributed by atoms with Crippen LogP contribution in [0.5, 0.6) is 5.75 Å². The standard InChI is InChI=1S/C25H18BrF2N5O3S/c26-21-14-30-33-24(12-22(31-25(21)33)20-6-1-2-7-23(20)34)29-13-15-4-3-5-18(8-15)32-37(35,36)19-10-16(27)9-17(28)11-19/h1-12,14,29,32,34H,13H2. The average Bonchev–Trinajstić information content (AvgIpc) is 3.23. The number of aromatic nitrogens is 3. The van der Waals surface area contributed by atoms with Crippen LogP contribution < -0.4 is 10.0 Å². The molecular weight excluding hydrogens is 568 g/mol. The van der Waals surface area contributed by atoms with Crippen molar-refractivity contribution in [3.63, 3.8) is 0 Å². The van der Waals surface area contributed by atoms with Gasteiger partial charge in [0.05, 0.1) is 21.3 Å². The minimum atomic E-state index is -4.21. The van der Waals surface area contributed by atoms with Gasteiger partial charge in [0.25, 0.3) is 10.0 Å². The van der Waals surface area contributed by atoms with E-state index in [1.165, 1.54) is 6.07 Å². The Morgan fingerprint density at radius 1 is 0.973 bits per heavy atom. The van der Waals surface area contributed by atoms with E-state index in [9.17, 15) is 22.3 Å². The van der Waals surface area contributed by atoms with Gasteiger partial charge in [-0.3, -0.25) is 4.72 Å². The van der Waals surface area contributed by atoms with E-state index < -0.39 is 26.6 Å². The monoisotopic (exact) mass is 585 g/mol. The first kappa shape index (κ1) is 24.7. The number of hydrogen-bond donors (Lipinski definition) is 3. The van der Waals surface area contributed by atoms with E-state index in [0.29, 0.717) is 38.8 Å². The number of fused-ring (bicyclic) bond motifs is 1. The molecule has 0 spiro atoms. The molecule has 12 heteroatoms. The molecule has 0 unspecified atom stereocenters. The molecule has 3 N–H and O–H groups in total.